The second-order valence-corrected chi connectivity index (χ2v) is 5.11. The number of nitrogens with zero attached hydrogens (tertiary/aromatic N) is 2. The van der Waals surface area contributed by atoms with Crippen LogP contribution in [0.2, 0.25) is 0 Å². The highest BCUT2D eigenvalue weighted by molar-refractivity contribution is 6.32. The Balaban J connectivity index is 1.93. The zero-order chi connectivity index (χ0) is 16.7. The molecule has 8 nitrogen and oxygen atoms in total. The third-order valence-corrected chi connectivity index (χ3v) is 3.63. The number of fused-ring (bicyclic) bond motifs is 1. The van der Waals surface area contributed by atoms with E-state index in [1.807, 2.05) is 0 Å². The van der Waals surface area contributed by atoms with Gasteiger partial charge in [0.25, 0.3) is 17.9 Å². The van der Waals surface area contributed by atoms with Gasteiger partial charge in [0.15, 0.2) is 0 Å². The molecule has 0 radical (unpaired) electrons. The smallest absolute Gasteiger partial charge is 0.336 e. The van der Waals surface area contributed by atoms with Crippen LogP contribution in [0.15, 0.2) is 36.1 Å². The lowest BCUT2D eigenvalue weighted by atomic mass is 10.1. The standard InChI is InChI=1S/C15H12N2O6/c1-8-5-13(23-15(8)19)22-7-11-10-6-9(17(20)21)3-4-12(10)16(2)14(11)18/h3-7,13H,1-2H3/b11-7-. The van der Waals surface area contributed by atoms with Gasteiger partial charge in [0.05, 0.1) is 16.2 Å². The average Bonchev–Trinajstić information content (AvgIpc) is 2.95. The first-order valence-electron chi connectivity index (χ1n) is 6.70. The van der Waals surface area contributed by atoms with Gasteiger partial charge in [-0.2, -0.15) is 0 Å². The molecule has 3 rings (SSSR count). The number of hydrogen-bond donors (Lipinski definition) is 0. The minimum absolute atomic E-state index is 0.124. The zero-order valence-corrected chi connectivity index (χ0v) is 12.3. The molecule has 1 unspecified atom stereocenters. The van der Waals surface area contributed by atoms with Crippen LogP contribution in [0, 0.1) is 10.1 Å². The molecular weight excluding hydrogens is 304 g/mol. The minimum atomic E-state index is -0.907. The molecule has 23 heavy (non-hydrogen) atoms. The van der Waals surface area contributed by atoms with Crippen molar-refractivity contribution in [3.05, 3.63) is 51.8 Å². The average molecular weight is 316 g/mol. The first-order valence-corrected chi connectivity index (χ1v) is 6.70. The van der Waals surface area contributed by atoms with E-state index in [-0.39, 0.29) is 17.2 Å². The summed E-state index contributed by atoms with van der Waals surface area (Å²) in [6, 6.07) is 4.15. The number of non-ortho nitro benzene ring substituents is 1. The van der Waals surface area contributed by atoms with E-state index in [4.69, 9.17) is 9.47 Å². The summed E-state index contributed by atoms with van der Waals surface area (Å²) in [4.78, 5) is 35.3. The summed E-state index contributed by atoms with van der Waals surface area (Å²) in [5.41, 5.74) is 1.41. The number of esters is 1. The molecule has 2 heterocycles. The fraction of sp³-hybridized carbons (Fsp3) is 0.200. The topological polar surface area (TPSA) is 99.0 Å². The van der Waals surface area contributed by atoms with Crippen molar-refractivity contribution in [2.45, 2.75) is 13.2 Å². The van der Waals surface area contributed by atoms with Crippen LogP contribution in [0.3, 0.4) is 0 Å². The van der Waals surface area contributed by atoms with Crippen molar-refractivity contribution in [2.24, 2.45) is 0 Å². The van der Waals surface area contributed by atoms with Crippen LogP contribution in [-0.4, -0.2) is 30.1 Å². The summed E-state index contributed by atoms with van der Waals surface area (Å²) < 4.78 is 10.2. The molecule has 1 amide bonds. The molecule has 0 aromatic heterocycles. The monoisotopic (exact) mass is 316 g/mol. The summed E-state index contributed by atoms with van der Waals surface area (Å²) in [5.74, 6) is -0.843. The Hall–Kier alpha value is -3.16. The van der Waals surface area contributed by atoms with Crippen LogP contribution in [0.4, 0.5) is 11.4 Å². The van der Waals surface area contributed by atoms with Crippen LogP contribution in [0.5, 0.6) is 0 Å². The van der Waals surface area contributed by atoms with Gasteiger partial charge in [-0.25, -0.2) is 4.79 Å². The Morgan fingerprint density at radius 2 is 2.13 bits per heavy atom. The molecule has 0 aliphatic carbocycles. The third-order valence-electron chi connectivity index (χ3n) is 3.63. The van der Waals surface area contributed by atoms with Crippen molar-refractivity contribution >= 4 is 28.8 Å². The van der Waals surface area contributed by atoms with Crippen molar-refractivity contribution in [3.63, 3.8) is 0 Å². The van der Waals surface area contributed by atoms with Gasteiger partial charge in [-0.15, -0.1) is 0 Å². The summed E-state index contributed by atoms with van der Waals surface area (Å²) in [6.07, 6.45) is 1.74. The van der Waals surface area contributed by atoms with Crippen LogP contribution in [-0.2, 0) is 19.1 Å². The fourth-order valence-electron chi connectivity index (χ4n) is 2.37. The maximum absolute atomic E-state index is 12.3. The van der Waals surface area contributed by atoms with Crippen molar-refractivity contribution in [2.75, 3.05) is 11.9 Å². The van der Waals surface area contributed by atoms with E-state index in [9.17, 15) is 19.7 Å². The normalized spacial score (nSPS) is 21.3. The highest BCUT2D eigenvalue weighted by atomic mass is 16.7. The van der Waals surface area contributed by atoms with Gasteiger partial charge in [0.1, 0.15) is 6.26 Å². The van der Waals surface area contributed by atoms with Crippen molar-refractivity contribution in [3.8, 4) is 0 Å². The number of likely N-dealkylation sites (N-methyl/N-ethyl adjacent to an activating group) is 1. The largest absolute Gasteiger partial charge is 0.458 e. The summed E-state index contributed by atoms with van der Waals surface area (Å²) in [6.45, 7) is 1.59. The molecule has 1 atom stereocenters. The molecule has 0 saturated heterocycles. The van der Waals surface area contributed by atoms with E-state index >= 15 is 0 Å². The lowest BCUT2D eigenvalue weighted by molar-refractivity contribution is -0.384. The molecular formula is C15H12N2O6. The first-order chi connectivity index (χ1) is 10.9. The molecule has 8 heteroatoms. The highest BCUT2D eigenvalue weighted by Crippen LogP contribution is 2.38. The summed E-state index contributed by atoms with van der Waals surface area (Å²) in [5, 5.41) is 10.9. The minimum Gasteiger partial charge on any atom is -0.458 e. The molecule has 0 bridgehead atoms. The Labute approximate surface area is 130 Å². The zero-order valence-electron chi connectivity index (χ0n) is 12.3. The second-order valence-electron chi connectivity index (χ2n) is 5.11. The molecule has 2 aliphatic heterocycles. The van der Waals surface area contributed by atoms with Gasteiger partial charge in [-0.3, -0.25) is 14.9 Å². The van der Waals surface area contributed by atoms with Gasteiger partial charge in [-0.05, 0) is 13.0 Å². The fourth-order valence-corrected chi connectivity index (χ4v) is 2.37. The van der Waals surface area contributed by atoms with Gasteiger partial charge in [0.2, 0.25) is 0 Å². The van der Waals surface area contributed by atoms with E-state index in [2.05, 4.69) is 0 Å². The maximum atomic E-state index is 12.3. The van der Waals surface area contributed by atoms with E-state index in [1.165, 1.54) is 35.4 Å². The Morgan fingerprint density at radius 3 is 2.74 bits per heavy atom. The Morgan fingerprint density at radius 1 is 1.39 bits per heavy atom. The van der Waals surface area contributed by atoms with E-state index in [0.29, 0.717) is 16.8 Å². The number of carbonyl (C=O) groups is 2. The molecule has 1 aromatic rings. The SMILES string of the molecule is CC1=CC(O/C=C2\C(=O)N(C)c3ccc([N+](=O)[O-])cc32)OC1=O. The number of benzene rings is 1. The quantitative estimate of drug-likeness (QED) is 0.277. The molecule has 1 aromatic carbocycles. The lowest BCUT2D eigenvalue weighted by Gasteiger charge is -2.09. The third kappa shape index (κ3) is 2.44. The van der Waals surface area contributed by atoms with Crippen molar-refractivity contribution < 1.29 is 24.0 Å². The number of amides is 1. The van der Waals surface area contributed by atoms with Gasteiger partial charge >= 0.3 is 5.97 Å². The number of carbonyl (C=O) groups excluding carboxylic acids is 2. The maximum Gasteiger partial charge on any atom is 0.336 e. The number of rotatable bonds is 3. The van der Waals surface area contributed by atoms with E-state index in [0.717, 1.165) is 0 Å². The van der Waals surface area contributed by atoms with Crippen LogP contribution in [0.1, 0.15) is 12.5 Å². The first kappa shape index (κ1) is 14.8. The number of cyclic esters (lactones) is 1. The van der Waals surface area contributed by atoms with Gasteiger partial charge in [0, 0.05) is 36.4 Å². The number of hydrogen-bond acceptors (Lipinski definition) is 6. The highest BCUT2D eigenvalue weighted by Gasteiger charge is 2.32. The number of nitro benzene ring substituents is 1. The van der Waals surface area contributed by atoms with Gasteiger partial charge in [-0.1, -0.05) is 0 Å². The number of ether oxygens (including phenoxy) is 2. The summed E-state index contributed by atoms with van der Waals surface area (Å²) >= 11 is 0. The lowest BCUT2D eigenvalue weighted by Crippen LogP contribution is -2.20. The van der Waals surface area contributed by atoms with Crippen LogP contribution < -0.4 is 4.90 Å². The predicted octanol–water partition coefficient (Wildman–Crippen LogP) is 1.76. The van der Waals surface area contributed by atoms with E-state index < -0.39 is 17.2 Å². The number of anilines is 1. The molecule has 0 fully saturated rings. The van der Waals surface area contributed by atoms with Crippen LogP contribution in [0.25, 0.3) is 5.57 Å². The molecule has 118 valence electrons. The molecule has 0 N–H and O–H groups in total. The van der Waals surface area contributed by atoms with Crippen molar-refractivity contribution in [1.82, 2.24) is 0 Å². The van der Waals surface area contributed by atoms with E-state index in [1.54, 1.807) is 14.0 Å². The van der Waals surface area contributed by atoms with Crippen LogP contribution >= 0.6 is 0 Å². The second kappa shape index (κ2) is 5.24. The molecule has 2 aliphatic rings. The molecule has 0 spiro atoms. The summed E-state index contributed by atoms with van der Waals surface area (Å²) in [7, 11) is 1.56. The Bertz CT molecular complexity index is 795. The number of nitro groups is 1. The molecule has 0 saturated carbocycles. The van der Waals surface area contributed by atoms with Gasteiger partial charge < -0.3 is 14.4 Å². The van der Waals surface area contributed by atoms with Crippen molar-refractivity contribution in [1.29, 1.82) is 0 Å². The Kier molecular flexibility index (Phi) is 3.36. The predicted molar refractivity (Wildman–Crippen MR) is 79.2 cm³/mol.